The summed E-state index contributed by atoms with van der Waals surface area (Å²) in [6, 6.07) is -0.0643. The predicted molar refractivity (Wildman–Crippen MR) is 73.4 cm³/mol. The van der Waals surface area contributed by atoms with Gasteiger partial charge in [0.15, 0.2) is 0 Å². The van der Waals surface area contributed by atoms with Gasteiger partial charge in [-0.2, -0.15) is 5.10 Å². The molecule has 1 aromatic rings. The average molecular weight is 266 g/mol. The van der Waals surface area contributed by atoms with Gasteiger partial charge < -0.3 is 15.0 Å². The van der Waals surface area contributed by atoms with Gasteiger partial charge in [-0.05, 0) is 20.3 Å². The molecule has 0 unspecified atom stereocenters. The van der Waals surface area contributed by atoms with Crippen molar-refractivity contribution in [1.29, 1.82) is 0 Å². The van der Waals surface area contributed by atoms with E-state index in [9.17, 15) is 4.79 Å². The summed E-state index contributed by atoms with van der Waals surface area (Å²) in [6.07, 6.45) is 1.03. The Morgan fingerprint density at radius 2 is 2.05 bits per heavy atom. The van der Waals surface area contributed by atoms with E-state index in [1.54, 1.807) is 4.90 Å². The van der Waals surface area contributed by atoms with Gasteiger partial charge in [0, 0.05) is 19.6 Å². The van der Waals surface area contributed by atoms with Crippen molar-refractivity contribution >= 4 is 11.7 Å². The third-order valence-electron chi connectivity index (χ3n) is 3.35. The first-order valence-corrected chi connectivity index (χ1v) is 6.81. The van der Waals surface area contributed by atoms with Crippen LogP contribution in [0.1, 0.15) is 24.7 Å². The van der Waals surface area contributed by atoms with Crippen LogP contribution < -0.4 is 5.32 Å². The predicted octanol–water partition coefficient (Wildman–Crippen LogP) is 1.77. The molecule has 1 saturated heterocycles. The molecule has 106 valence electrons. The lowest BCUT2D eigenvalue weighted by Crippen LogP contribution is -2.43. The van der Waals surface area contributed by atoms with Crippen LogP contribution in [-0.4, -0.2) is 47.0 Å². The van der Waals surface area contributed by atoms with Crippen molar-refractivity contribution in [3.8, 4) is 0 Å². The molecular formula is C13H22N4O2. The van der Waals surface area contributed by atoms with E-state index in [2.05, 4.69) is 17.3 Å². The van der Waals surface area contributed by atoms with Gasteiger partial charge >= 0.3 is 6.03 Å². The topological polar surface area (TPSA) is 59.4 Å². The Labute approximate surface area is 113 Å². The number of rotatable bonds is 3. The van der Waals surface area contributed by atoms with E-state index >= 15 is 0 Å². The Hall–Kier alpha value is -1.56. The van der Waals surface area contributed by atoms with Crippen molar-refractivity contribution in [3.63, 3.8) is 0 Å². The number of nitrogens with zero attached hydrogens (tertiary/aromatic N) is 3. The van der Waals surface area contributed by atoms with Crippen LogP contribution in [0.25, 0.3) is 0 Å². The Morgan fingerprint density at radius 3 is 2.68 bits per heavy atom. The third-order valence-corrected chi connectivity index (χ3v) is 3.35. The number of amides is 2. The van der Waals surface area contributed by atoms with Crippen LogP contribution in [0.3, 0.4) is 0 Å². The number of nitrogens with one attached hydrogen (secondary N) is 1. The zero-order valence-electron chi connectivity index (χ0n) is 11.9. The number of ether oxygens (including phenoxy) is 1. The maximum absolute atomic E-state index is 12.2. The standard InChI is InChI=1S/C13H22N4O2/c1-4-5-17-11(3)12(10(2)15-17)14-13(18)16-6-8-19-9-7-16/h4-9H2,1-3H3,(H,14,18). The first-order valence-electron chi connectivity index (χ1n) is 6.81. The number of carbonyl (C=O) groups is 1. The second-order valence-electron chi connectivity index (χ2n) is 4.80. The third kappa shape index (κ3) is 3.07. The highest BCUT2D eigenvalue weighted by Gasteiger charge is 2.20. The van der Waals surface area contributed by atoms with E-state index in [0.29, 0.717) is 26.3 Å². The van der Waals surface area contributed by atoms with Crippen LogP contribution in [0.15, 0.2) is 0 Å². The minimum atomic E-state index is -0.0643. The zero-order valence-corrected chi connectivity index (χ0v) is 11.9. The highest BCUT2D eigenvalue weighted by atomic mass is 16.5. The molecule has 0 bridgehead atoms. The molecule has 1 aliphatic rings. The van der Waals surface area contributed by atoms with Gasteiger partial charge in [-0.1, -0.05) is 6.92 Å². The lowest BCUT2D eigenvalue weighted by molar-refractivity contribution is 0.0564. The molecule has 0 spiro atoms. The molecule has 0 radical (unpaired) electrons. The van der Waals surface area contributed by atoms with Crippen molar-refractivity contribution < 1.29 is 9.53 Å². The molecule has 0 aliphatic carbocycles. The molecule has 2 rings (SSSR count). The van der Waals surface area contributed by atoms with Gasteiger partial charge in [-0.15, -0.1) is 0 Å². The molecular weight excluding hydrogens is 244 g/mol. The fraction of sp³-hybridized carbons (Fsp3) is 0.692. The Balaban J connectivity index is 2.07. The van der Waals surface area contributed by atoms with E-state index < -0.39 is 0 Å². The van der Waals surface area contributed by atoms with E-state index in [4.69, 9.17) is 4.74 Å². The minimum absolute atomic E-state index is 0.0643. The first kappa shape index (κ1) is 13.9. The van der Waals surface area contributed by atoms with E-state index in [-0.39, 0.29) is 6.03 Å². The maximum atomic E-state index is 12.2. The molecule has 6 heteroatoms. The van der Waals surface area contributed by atoms with Gasteiger partial charge in [-0.3, -0.25) is 4.68 Å². The molecule has 0 saturated carbocycles. The second-order valence-corrected chi connectivity index (χ2v) is 4.80. The summed E-state index contributed by atoms with van der Waals surface area (Å²) in [4.78, 5) is 13.9. The highest BCUT2D eigenvalue weighted by Crippen LogP contribution is 2.20. The lowest BCUT2D eigenvalue weighted by atomic mass is 10.3. The quantitative estimate of drug-likeness (QED) is 0.907. The van der Waals surface area contributed by atoms with E-state index in [1.807, 2.05) is 18.5 Å². The number of aryl methyl sites for hydroxylation is 2. The molecule has 19 heavy (non-hydrogen) atoms. The monoisotopic (exact) mass is 266 g/mol. The second kappa shape index (κ2) is 6.06. The molecule has 1 aromatic heterocycles. The molecule has 1 aliphatic heterocycles. The summed E-state index contributed by atoms with van der Waals surface area (Å²) in [7, 11) is 0. The number of hydrogen-bond donors (Lipinski definition) is 1. The van der Waals surface area contributed by atoms with Crippen LogP contribution >= 0.6 is 0 Å². The maximum Gasteiger partial charge on any atom is 0.322 e. The van der Waals surface area contributed by atoms with Crippen molar-refractivity contribution in [3.05, 3.63) is 11.4 Å². The Bertz CT molecular complexity index is 450. The van der Waals surface area contributed by atoms with Crippen molar-refractivity contribution in [2.75, 3.05) is 31.6 Å². The minimum Gasteiger partial charge on any atom is -0.378 e. The van der Waals surface area contributed by atoms with Crippen LogP contribution in [0.4, 0.5) is 10.5 Å². The summed E-state index contributed by atoms with van der Waals surface area (Å²) in [5.41, 5.74) is 2.72. The normalized spacial score (nSPS) is 15.6. The molecule has 2 heterocycles. The smallest absolute Gasteiger partial charge is 0.322 e. The first-order chi connectivity index (χ1) is 9.13. The lowest BCUT2D eigenvalue weighted by Gasteiger charge is -2.26. The van der Waals surface area contributed by atoms with Crippen molar-refractivity contribution in [2.24, 2.45) is 0 Å². The summed E-state index contributed by atoms with van der Waals surface area (Å²) in [5.74, 6) is 0. The summed E-state index contributed by atoms with van der Waals surface area (Å²) < 4.78 is 7.19. The molecule has 0 atom stereocenters. The molecule has 6 nitrogen and oxygen atoms in total. The van der Waals surface area contributed by atoms with Crippen molar-refractivity contribution in [2.45, 2.75) is 33.7 Å². The van der Waals surface area contributed by atoms with E-state index in [1.165, 1.54) is 0 Å². The average Bonchev–Trinajstić information content (AvgIpc) is 2.68. The van der Waals surface area contributed by atoms with Gasteiger partial charge in [0.1, 0.15) is 0 Å². The van der Waals surface area contributed by atoms with Gasteiger partial charge in [-0.25, -0.2) is 4.79 Å². The largest absolute Gasteiger partial charge is 0.378 e. The van der Waals surface area contributed by atoms with Crippen LogP contribution in [0.2, 0.25) is 0 Å². The fourth-order valence-corrected chi connectivity index (χ4v) is 2.26. The van der Waals surface area contributed by atoms with Crippen LogP contribution in [0.5, 0.6) is 0 Å². The molecule has 1 N–H and O–H groups in total. The molecule has 2 amide bonds. The molecule has 1 fully saturated rings. The number of carbonyl (C=O) groups excluding carboxylic acids is 1. The summed E-state index contributed by atoms with van der Waals surface area (Å²) in [5, 5.41) is 7.43. The SMILES string of the molecule is CCCn1nc(C)c(NC(=O)N2CCOCC2)c1C. The summed E-state index contributed by atoms with van der Waals surface area (Å²) >= 11 is 0. The number of urea groups is 1. The van der Waals surface area contributed by atoms with Gasteiger partial charge in [0.05, 0.1) is 30.3 Å². The number of morpholine rings is 1. The van der Waals surface area contributed by atoms with E-state index in [0.717, 1.165) is 30.0 Å². The number of anilines is 1. The Kier molecular flexibility index (Phi) is 4.42. The van der Waals surface area contributed by atoms with Crippen LogP contribution in [0, 0.1) is 13.8 Å². The van der Waals surface area contributed by atoms with Crippen LogP contribution in [-0.2, 0) is 11.3 Å². The number of aromatic nitrogens is 2. The molecule has 0 aromatic carbocycles. The fourth-order valence-electron chi connectivity index (χ4n) is 2.26. The van der Waals surface area contributed by atoms with Gasteiger partial charge in [0.2, 0.25) is 0 Å². The highest BCUT2D eigenvalue weighted by molar-refractivity contribution is 5.90. The van der Waals surface area contributed by atoms with Gasteiger partial charge in [0.25, 0.3) is 0 Å². The zero-order chi connectivity index (χ0) is 13.8. The summed E-state index contributed by atoms with van der Waals surface area (Å²) in [6.45, 7) is 9.42. The van der Waals surface area contributed by atoms with Crippen molar-refractivity contribution in [1.82, 2.24) is 14.7 Å². The number of hydrogen-bond acceptors (Lipinski definition) is 3. The Morgan fingerprint density at radius 1 is 1.37 bits per heavy atom.